The molecule has 0 unspecified atom stereocenters. The first kappa shape index (κ1) is 14.4. The average Bonchev–Trinajstić information content (AvgIpc) is 2.78. The summed E-state index contributed by atoms with van der Waals surface area (Å²) < 4.78 is 40.0. The van der Waals surface area contributed by atoms with Gasteiger partial charge in [-0.1, -0.05) is 19.1 Å². The van der Waals surface area contributed by atoms with Gasteiger partial charge in [-0.2, -0.15) is 13.2 Å². The summed E-state index contributed by atoms with van der Waals surface area (Å²) in [4.78, 5) is 14.8. The molecule has 108 valence electrons. The molecule has 0 aliphatic rings. The van der Waals surface area contributed by atoms with Crippen LogP contribution in [0, 0.1) is 0 Å². The molecule has 1 amide bonds. The van der Waals surface area contributed by atoms with Gasteiger partial charge in [-0.05, 0) is 12.1 Å². The van der Waals surface area contributed by atoms with Crippen molar-refractivity contribution < 1.29 is 18.0 Å². The average molecular weight is 285 g/mol. The molecule has 7 heteroatoms. The van der Waals surface area contributed by atoms with E-state index in [4.69, 9.17) is 0 Å². The van der Waals surface area contributed by atoms with Crippen molar-refractivity contribution in [2.24, 2.45) is 0 Å². The molecular weight excluding hydrogens is 271 g/mol. The van der Waals surface area contributed by atoms with Gasteiger partial charge in [0.05, 0.1) is 11.0 Å². The van der Waals surface area contributed by atoms with Gasteiger partial charge in [-0.25, -0.2) is 4.98 Å². The number of halogens is 3. The molecule has 1 N–H and O–H groups in total. The number of aromatic nitrogens is 2. The van der Waals surface area contributed by atoms with Crippen molar-refractivity contribution in [3.63, 3.8) is 0 Å². The Morgan fingerprint density at radius 2 is 2.05 bits per heavy atom. The highest BCUT2D eigenvalue weighted by molar-refractivity contribution is 5.76. The van der Waals surface area contributed by atoms with Gasteiger partial charge in [-0.3, -0.25) is 4.79 Å². The first-order chi connectivity index (χ1) is 9.43. The fourth-order valence-corrected chi connectivity index (χ4v) is 1.95. The summed E-state index contributed by atoms with van der Waals surface area (Å²) in [6, 6.07) is 6.41. The van der Waals surface area contributed by atoms with E-state index in [2.05, 4.69) is 10.3 Å². The molecule has 0 radical (unpaired) electrons. The molecule has 2 rings (SSSR count). The number of rotatable bonds is 4. The summed E-state index contributed by atoms with van der Waals surface area (Å²) in [6.45, 7) is 1.85. The normalized spacial score (nSPS) is 11.8. The smallest absolute Gasteiger partial charge is 0.354 e. The van der Waals surface area contributed by atoms with Crippen molar-refractivity contribution in [3.05, 3.63) is 30.1 Å². The number of fused-ring (bicyclic) bond motifs is 1. The van der Waals surface area contributed by atoms with Crippen molar-refractivity contribution in [1.29, 1.82) is 0 Å². The van der Waals surface area contributed by atoms with Gasteiger partial charge in [0.1, 0.15) is 0 Å². The van der Waals surface area contributed by atoms with Gasteiger partial charge < -0.3 is 9.88 Å². The number of amides is 1. The molecule has 0 spiro atoms. The van der Waals surface area contributed by atoms with E-state index < -0.39 is 12.0 Å². The standard InChI is InChI=1S/C13H14F3N3O/c1-2-11(20)17-7-8-19-10-6-4-3-5-9(10)18-12(19)13(14,15)16/h3-6H,2,7-8H2,1H3,(H,17,20). The van der Waals surface area contributed by atoms with Crippen LogP contribution < -0.4 is 5.32 Å². The maximum Gasteiger partial charge on any atom is 0.449 e. The molecule has 0 aliphatic carbocycles. The monoisotopic (exact) mass is 285 g/mol. The second-order valence-corrected chi connectivity index (χ2v) is 4.28. The number of para-hydroxylation sites is 2. The van der Waals surface area contributed by atoms with Crippen LogP contribution in [0.5, 0.6) is 0 Å². The molecule has 0 aliphatic heterocycles. The fourth-order valence-electron chi connectivity index (χ4n) is 1.95. The molecule has 0 bridgehead atoms. The molecule has 1 heterocycles. The zero-order valence-corrected chi connectivity index (χ0v) is 10.9. The number of alkyl halides is 3. The van der Waals surface area contributed by atoms with Gasteiger partial charge in [0.2, 0.25) is 11.7 Å². The Hall–Kier alpha value is -2.05. The van der Waals surface area contributed by atoms with E-state index in [1.54, 1.807) is 25.1 Å². The number of nitrogens with one attached hydrogen (secondary N) is 1. The van der Waals surface area contributed by atoms with Crippen molar-refractivity contribution >= 4 is 16.9 Å². The van der Waals surface area contributed by atoms with E-state index in [1.165, 1.54) is 6.07 Å². The first-order valence-corrected chi connectivity index (χ1v) is 6.22. The third-order valence-electron chi connectivity index (χ3n) is 2.89. The molecule has 2 aromatic rings. The molecule has 4 nitrogen and oxygen atoms in total. The summed E-state index contributed by atoms with van der Waals surface area (Å²) in [5.41, 5.74) is 0.701. The Balaban J connectivity index is 2.31. The second-order valence-electron chi connectivity index (χ2n) is 4.28. The number of hydrogen-bond acceptors (Lipinski definition) is 2. The zero-order chi connectivity index (χ0) is 14.8. The SMILES string of the molecule is CCC(=O)NCCn1c(C(F)(F)F)nc2ccccc21. The number of carbonyl (C=O) groups excluding carboxylic acids is 1. The van der Waals surface area contributed by atoms with E-state index in [1.807, 2.05) is 0 Å². The number of benzene rings is 1. The Labute approximate surface area is 113 Å². The summed E-state index contributed by atoms with van der Waals surface area (Å²) in [5.74, 6) is -1.13. The lowest BCUT2D eigenvalue weighted by molar-refractivity contribution is -0.146. The van der Waals surface area contributed by atoms with E-state index in [0.717, 1.165) is 4.57 Å². The Kier molecular flexibility index (Phi) is 3.96. The minimum Gasteiger partial charge on any atom is -0.354 e. The minimum absolute atomic E-state index is 0.0289. The number of hydrogen-bond donors (Lipinski definition) is 1. The van der Waals surface area contributed by atoms with E-state index >= 15 is 0 Å². The predicted octanol–water partition coefficient (Wildman–Crippen LogP) is 2.58. The van der Waals surface area contributed by atoms with Gasteiger partial charge in [0.15, 0.2) is 0 Å². The molecule has 0 saturated heterocycles. The number of carbonyl (C=O) groups is 1. The van der Waals surface area contributed by atoms with Crippen LogP contribution in [0.1, 0.15) is 19.2 Å². The summed E-state index contributed by atoms with van der Waals surface area (Å²) >= 11 is 0. The van der Waals surface area contributed by atoms with Crippen LogP contribution in [0.4, 0.5) is 13.2 Å². The third-order valence-corrected chi connectivity index (χ3v) is 2.89. The number of imidazole rings is 1. The quantitative estimate of drug-likeness (QED) is 0.938. The van der Waals surface area contributed by atoms with Gasteiger partial charge in [0.25, 0.3) is 0 Å². The van der Waals surface area contributed by atoms with Gasteiger partial charge in [-0.15, -0.1) is 0 Å². The Morgan fingerprint density at radius 1 is 1.35 bits per heavy atom. The molecule has 1 aromatic heterocycles. The molecule has 0 saturated carbocycles. The molecule has 1 aromatic carbocycles. The Bertz CT molecular complexity index is 619. The fraction of sp³-hybridized carbons (Fsp3) is 0.385. The molecule has 20 heavy (non-hydrogen) atoms. The van der Waals surface area contributed by atoms with Crippen LogP contribution >= 0.6 is 0 Å². The van der Waals surface area contributed by atoms with Crippen molar-refractivity contribution in [2.75, 3.05) is 6.54 Å². The highest BCUT2D eigenvalue weighted by Gasteiger charge is 2.37. The zero-order valence-electron chi connectivity index (χ0n) is 10.9. The van der Waals surface area contributed by atoms with Crippen LogP contribution in [0.25, 0.3) is 11.0 Å². The summed E-state index contributed by atoms with van der Waals surface area (Å²) in [7, 11) is 0. The Morgan fingerprint density at radius 3 is 2.70 bits per heavy atom. The summed E-state index contributed by atoms with van der Waals surface area (Å²) in [5, 5.41) is 2.56. The molecule has 0 atom stereocenters. The topological polar surface area (TPSA) is 46.9 Å². The van der Waals surface area contributed by atoms with E-state index in [-0.39, 0.29) is 19.0 Å². The van der Waals surface area contributed by atoms with Crippen LogP contribution in [0.2, 0.25) is 0 Å². The van der Waals surface area contributed by atoms with Gasteiger partial charge in [0, 0.05) is 19.5 Å². The minimum atomic E-state index is -4.52. The highest BCUT2D eigenvalue weighted by atomic mass is 19.4. The third kappa shape index (κ3) is 2.92. The van der Waals surface area contributed by atoms with Crippen LogP contribution in [0.15, 0.2) is 24.3 Å². The lowest BCUT2D eigenvalue weighted by atomic mass is 10.3. The van der Waals surface area contributed by atoms with Crippen LogP contribution in [-0.4, -0.2) is 22.0 Å². The lowest BCUT2D eigenvalue weighted by Gasteiger charge is -2.11. The van der Waals surface area contributed by atoms with E-state index in [0.29, 0.717) is 17.5 Å². The van der Waals surface area contributed by atoms with Crippen LogP contribution in [0.3, 0.4) is 0 Å². The maximum atomic E-state index is 13.0. The van der Waals surface area contributed by atoms with Crippen LogP contribution in [-0.2, 0) is 17.5 Å². The largest absolute Gasteiger partial charge is 0.449 e. The van der Waals surface area contributed by atoms with Crippen molar-refractivity contribution in [3.8, 4) is 0 Å². The maximum absolute atomic E-state index is 13.0. The molecular formula is C13H14F3N3O. The highest BCUT2D eigenvalue weighted by Crippen LogP contribution is 2.31. The van der Waals surface area contributed by atoms with Gasteiger partial charge >= 0.3 is 6.18 Å². The summed E-state index contributed by atoms with van der Waals surface area (Å²) in [6.07, 6.45) is -4.22. The lowest BCUT2D eigenvalue weighted by Crippen LogP contribution is -2.27. The second kappa shape index (κ2) is 5.52. The first-order valence-electron chi connectivity index (χ1n) is 6.22. The predicted molar refractivity (Wildman–Crippen MR) is 68.0 cm³/mol. The van der Waals surface area contributed by atoms with Crippen molar-refractivity contribution in [2.45, 2.75) is 26.1 Å². The number of nitrogens with zero attached hydrogens (tertiary/aromatic N) is 2. The molecule has 0 fully saturated rings. The van der Waals surface area contributed by atoms with E-state index in [9.17, 15) is 18.0 Å². The van der Waals surface area contributed by atoms with Crippen molar-refractivity contribution in [1.82, 2.24) is 14.9 Å².